The number of rotatable bonds is 5. The highest BCUT2D eigenvalue weighted by Crippen LogP contribution is 2.32. The topological polar surface area (TPSA) is 94.4 Å². The number of carbonyl (C=O) groups excluding carboxylic acids is 3. The van der Waals surface area contributed by atoms with Crippen molar-refractivity contribution in [2.24, 2.45) is 10.3 Å². The standard InChI is InChI=1S/C22H23N5O3/c1-4-15-7-9-16(10-8-15)27-21(29)19-20(22(27)30)26(25-24-19)12-18(28)23-17-11-13(2)5-6-14(17)3/h5-11,19-20H,4,12H2,1-3H3,(H,23,28)/t19-,20+/m0/s1. The summed E-state index contributed by atoms with van der Waals surface area (Å²) in [7, 11) is 0. The average Bonchev–Trinajstić information content (AvgIpc) is 3.24. The van der Waals surface area contributed by atoms with Gasteiger partial charge in [-0.2, -0.15) is 5.11 Å². The lowest BCUT2D eigenvalue weighted by molar-refractivity contribution is -0.123. The van der Waals surface area contributed by atoms with Gasteiger partial charge in [0.1, 0.15) is 6.54 Å². The Hall–Kier alpha value is -3.55. The van der Waals surface area contributed by atoms with Crippen LogP contribution in [0.2, 0.25) is 0 Å². The first-order valence-corrected chi connectivity index (χ1v) is 9.90. The molecule has 0 unspecified atom stereocenters. The van der Waals surface area contributed by atoms with E-state index in [-0.39, 0.29) is 12.5 Å². The van der Waals surface area contributed by atoms with Crippen LogP contribution in [-0.2, 0) is 20.8 Å². The van der Waals surface area contributed by atoms with Crippen molar-refractivity contribution in [3.05, 3.63) is 59.2 Å². The Morgan fingerprint density at radius 2 is 1.80 bits per heavy atom. The van der Waals surface area contributed by atoms with Crippen LogP contribution in [-0.4, -0.2) is 41.4 Å². The highest BCUT2D eigenvalue weighted by atomic mass is 16.2. The van der Waals surface area contributed by atoms with E-state index in [2.05, 4.69) is 15.7 Å². The maximum atomic E-state index is 13.0. The molecule has 8 nitrogen and oxygen atoms in total. The zero-order chi connectivity index (χ0) is 21.4. The molecule has 1 saturated heterocycles. The van der Waals surface area contributed by atoms with Crippen molar-refractivity contribution in [3.8, 4) is 0 Å². The lowest BCUT2D eigenvalue weighted by Crippen LogP contribution is -2.43. The number of amides is 3. The summed E-state index contributed by atoms with van der Waals surface area (Å²) < 4.78 is 0. The van der Waals surface area contributed by atoms with Gasteiger partial charge in [-0.1, -0.05) is 36.4 Å². The van der Waals surface area contributed by atoms with Gasteiger partial charge in [-0.25, -0.2) is 4.90 Å². The van der Waals surface area contributed by atoms with Gasteiger partial charge in [0.05, 0.1) is 5.69 Å². The van der Waals surface area contributed by atoms with Crippen LogP contribution in [0.1, 0.15) is 23.6 Å². The van der Waals surface area contributed by atoms with E-state index in [1.165, 1.54) is 5.01 Å². The van der Waals surface area contributed by atoms with Crippen LogP contribution >= 0.6 is 0 Å². The molecule has 4 rings (SSSR count). The third-order valence-corrected chi connectivity index (χ3v) is 5.43. The van der Waals surface area contributed by atoms with Crippen molar-refractivity contribution in [1.82, 2.24) is 5.01 Å². The lowest BCUT2D eigenvalue weighted by Gasteiger charge is -2.20. The quantitative estimate of drug-likeness (QED) is 0.774. The first kappa shape index (κ1) is 19.8. The van der Waals surface area contributed by atoms with Gasteiger partial charge in [-0.05, 0) is 55.2 Å². The summed E-state index contributed by atoms with van der Waals surface area (Å²) in [6, 6.07) is 11.3. The number of imide groups is 1. The minimum atomic E-state index is -0.920. The average molecular weight is 405 g/mol. The second-order valence-corrected chi connectivity index (χ2v) is 7.59. The normalized spacial score (nSPS) is 20.1. The molecule has 1 fully saturated rings. The van der Waals surface area contributed by atoms with Crippen LogP contribution in [0.5, 0.6) is 0 Å². The van der Waals surface area contributed by atoms with Crippen molar-refractivity contribution < 1.29 is 14.4 Å². The van der Waals surface area contributed by atoms with Crippen LogP contribution in [0.4, 0.5) is 11.4 Å². The molecule has 0 aliphatic carbocycles. The Balaban J connectivity index is 1.49. The number of nitrogens with one attached hydrogen (secondary N) is 1. The fraction of sp³-hybridized carbons (Fsp3) is 0.318. The summed E-state index contributed by atoms with van der Waals surface area (Å²) >= 11 is 0. The Kier molecular flexibility index (Phi) is 5.07. The lowest BCUT2D eigenvalue weighted by atomic mass is 10.1. The number of benzene rings is 2. The minimum absolute atomic E-state index is 0.167. The van der Waals surface area contributed by atoms with Gasteiger partial charge in [-0.3, -0.25) is 19.4 Å². The zero-order valence-corrected chi connectivity index (χ0v) is 17.1. The molecule has 2 aliphatic heterocycles. The molecule has 1 N–H and O–H groups in total. The van der Waals surface area contributed by atoms with Crippen LogP contribution in [0, 0.1) is 13.8 Å². The molecule has 0 spiro atoms. The summed E-state index contributed by atoms with van der Waals surface area (Å²) in [5.74, 6) is -1.16. The van der Waals surface area contributed by atoms with Gasteiger partial charge in [0.2, 0.25) is 5.91 Å². The van der Waals surface area contributed by atoms with Crippen molar-refractivity contribution in [2.45, 2.75) is 39.3 Å². The summed E-state index contributed by atoms with van der Waals surface area (Å²) in [4.78, 5) is 39.5. The van der Waals surface area contributed by atoms with E-state index in [1.807, 2.05) is 51.1 Å². The van der Waals surface area contributed by atoms with Crippen molar-refractivity contribution in [2.75, 3.05) is 16.8 Å². The van der Waals surface area contributed by atoms with Gasteiger partial charge >= 0.3 is 0 Å². The number of hydrogen-bond acceptors (Lipinski definition) is 6. The molecule has 30 heavy (non-hydrogen) atoms. The molecule has 2 aliphatic rings. The maximum Gasteiger partial charge on any atom is 0.263 e. The Morgan fingerprint density at radius 1 is 1.07 bits per heavy atom. The summed E-state index contributed by atoms with van der Waals surface area (Å²) in [5, 5.41) is 12.0. The molecule has 0 saturated carbocycles. The first-order chi connectivity index (χ1) is 14.4. The molecule has 2 heterocycles. The number of fused-ring (bicyclic) bond motifs is 1. The van der Waals surface area contributed by atoms with E-state index in [9.17, 15) is 14.4 Å². The molecule has 2 aromatic carbocycles. The monoisotopic (exact) mass is 405 g/mol. The van der Waals surface area contributed by atoms with Crippen molar-refractivity contribution >= 4 is 29.1 Å². The SMILES string of the molecule is CCc1ccc(N2C(=O)[C@H]3N=NN(CC(=O)Nc4cc(C)ccc4C)[C@H]3C2=O)cc1. The third-order valence-electron chi connectivity index (χ3n) is 5.43. The van der Waals surface area contributed by atoms with E-state index in [1.54, 1.807) is 12.1 Å². The molecule has 0 aromatic heterocycles. The van der Waals surface area contributed by atoms with E-state index >= 15 is 0 Å². The smallest absolute Gasteiger partial charge is 0.263 e. The van der Waals surface area contributed by atoms with Crippen molar-refractivity contribution in [1.29, 1.82) is 0 Å². The summed E-state index contributed by atoms with van der Waals surface area (Å²) in [6.45, 7) is 5.72. The number of nitrogens with zero attached hydrogens (tertiary/aromatic N) is 4. The summed E-state index contributed by atoms with van der Waals surface area (Å²) in [5.41, 5.74) is 4.29. The van der Waals surface area contributed by atoms with Gasteiger partial charge < -0.3 is 5.32 Å². The molecule has 3 amide bonds. The van der Waals surface area contributed by atoms with Gasteiger partial charge in [0, 0.05) is 5.69 Å². The van der Waals surface area contributed by atoms with E-state index in [4.69, 9.17) is 0 Å². The molecule has 2 aromatic rings. The fourth-order valence-electron chi connectivity index (χ4n) is 3.70. The number of hydrogen-bond donors (Lipinski definition) is 1. The second-order valence-electron chi connectivity index (χ2n) is 7.59. The minimum Gasteiger partial charge on any atom is -0.324 e. The second kappa shape index (κ2) is 7.70. The summed E-state index contributed by atoms with van der Waals surface area (Å²) in [6.07, 6.45) is 0.866. The van der Waals surface area contributed by atoms with Crippen LogP contribution in [0.25, 0.3) is 0 Å². The number of aryl methyl sites for hydroxylation is 3. The fourth-order valence-corrected chi connectivity index (χ4v) is 3.70. The van der Waals surface area contributed by atoms with Gasteiger partial charge in [0.15, 0.2) is 12.1 Å². The zero-order valence-electron chi connectivity index (χ0n) is 17.1. The Bertz CT molecular complexity index is 1050. The third kappa shape index (κ3) is 3.45. The molecular formula is C22H23N5O3. The van der Waals surface area contributed by atoms with E-state index in [0.29, 0.717) is 11.4 Å². The predicted octanol–water partition coefficient (Wildman–Crippen LogP) is 2.80. The predicted molar refractivity (Wildman–Crippen MR) is 112 cm³/mol. The molecule has 0 radical (unpaired) electrons. The maximum absolute atomic E-state index is 13.0. The first-order valence-electron chi connectivity index (χ1n) is 9.90. The molecule has 154 valence electrons. The molecular weight excluding hydrogens is 382 g/mol. The highest BCUT2D eigenvalue weighted by Gasteiger charge is 2.55. The van der Waals surface area contributed by atoms with E-state index in [0.717, 1.165) is 28.0 Å². The number of anilines is 2. The largest absolute Gasteiger partial charge is 0.324 e. The van der Waals surface area contributed by atoms with E-state index < -0.39 is 23.9 Å². The Morgan fingerprint density at radius 3 is 2.50 bits per heavy atom. The van der Waals surface area contributed by atoms with Crippen molar-refractivity contribution in [3.63, 3.8) is 0 Å². The van der Waals surface area contributed by atoms with Gasteiger partial charge in [-0.15, -0.1) is 0 Å². The molecule has 8 heteroatoms. The van der Waals surface area contributed by atoms with Gasteiger partial charge in [0.25, 0.3) is 11.8 Å². The van der Waals surface area contributed by atoms with Crippen LogP contribution in [0.15, 0.2) is 52.8 Å². The number of carbonyl (C=O) groups is 3. The van der Waals surface area contributed by atoms with Crippen LogP contribution < -0.4 is 10.2 Å². The molecule has 0 bridgehead atoms. The highest BCUT2D eigenvalue weighted by molar-refractivity contribution is 6.25. The molecule has 2 atom stereocenters. The Labute approximate surface area is 174 Å². The van der Waals surface area contributed by atoms with Crippen LogP contribution in [0.3, 0.4) is 0 Å².